The fraction of sp³-hybridized carbons (Fsp3) is 0.632. The van der Waals surface area contributed by atoms with E-state index in [0.29, 0.717) is 17.9 Å². The second-order valence-corrected chi connectivity index (χ2v) is 8.34. The number of halogens is 1. The average Bonchev–Trinajstić information content (AvgIpc) is 3.22. The monoisotopic (exact) mass is 331 g/mol. The van der Waals surface area contributed by atoms with E-state index in [1.807, 2.05) is 31.2 Å². The van der Waals surface area contributed by atoms with Crippen LogP contribution in [-0.2, 0) is 15.3 Å². The number of carbonyl (C=O) groups is 1. The minimum absolute atomic E-state index is 0.0311. The molecule has 4 heteroatoms. The summed E-state index contributed by atoms with van der Waals surface area (Å²) < 4.78 is 6.48. The van der Waals surface area contributed by atoms with Gasteiger partial charge in [0.2, 0.25) is 5.91 Å². The molecule has 5 rings (SSSR count). The molecular weight excluding hydrogens is 310 g/mol. The summed E-state index contributed by atoms with van der Waals surface area (Å²) in [6.07, 6.45) is 4.64. The van der Waals surface area contributed by atoms with E-state index in [1.165, 1.54) is 19.3 Å². The fourth-order valence-corrected chi connectivity index (χ4v) is 5.96. The zero-order valence-electron chi connectivity index (χ0n) is 13.4. The van der Waals surface area contributed by atoms with Gasteiger partial charge in [0, 0.05) is 34.9 Å². The first-order valence-corrected chi connectivity index (χ1v) is 9.21. The molecule has 2 aliphatic heterocycles. The van der Waals surface area contributed by atoms with Crippen LogP contribution in [0.25, 0.3) is 0 Å². The molecule has 1 aromatic rings. The SMILES string of the molecule is C[C@@H]1C[C@]2(c3ccc(Cl)cc3)OC[C@H]3[C@@H]4CC[C@@H](C4)[C@H]3N2C1=O. The van der Waals surface area contributed by atoms with Crippen LogP contribution in [0, 0.1) is 23.7 Å². The van der Waals surface area contributed by atoms with Crippen LogP contribution >= 0.6 is 11.6 Å². The maximum Gasteiger partial charge on any atom is 0.228 e. The van der Waals surface area contributed by atoms with Crippen LogP contribution in [-0.4, -0.2) is 23.5 Å². The number of carbonyl (C=O) groups excluding carboxylic acids is 1. The number of amides is 1. The van der Waals surface area contributed by atoms with Gasteiger partial charge in [0.1, 0.15) is 0 Å². The Hall–Kier alpha value is -1.06. The molecule has 0 radical (unpaired) electrons. The molecule has 2 bridgehead atoms. The maximum atomic E-state index is 13.0. The zero-order valence-corrected chi connectivity index (χ0v) is 14.1. The molecule has 0 aromatic heterocycles. The van der Waals surface area contributed by atoms with Gasteiger partial charge < -0.3 is 9.64 Å². The van der Waals surface area contributed by atoms with Gasteiger partial charge in [-0.1, -0.05) is 30.7 Å². The summed E-state index contributed by atoms with van der Waals surface area (Å²) in [6, 6.07) is 8.28. The lowest BCUT2D eigenvalue weighted by atomic mass is 9.81. The second-order valence-electron chi connectivity index (χ2n) is 7.90. The lowest BCUT2D eigenvalue weighted by molar-refractivity contribution is -0.223. The van der Waals surface area contributed by atoms with E-state index in [0.717, 1.165) is 29.5 Å². The lowest BCUT2D eigenvalue weighted by Crippen LogP contribution is -2.60. The highest BCUT2D eigenvalue weighted by atomic mass is 35.5. The van der Waals surface area contributed by atoms with E-state index in [-0.39, 0.29) is 11.8 Å². The molecule has 1 amide bonds. The molecule has 0 N–H and O–H groups in total. The van der Waals surface area contributed by atoms with Crippen molar-refractivity contribution in [1.29, 1.82) is 0 Å². The first kappa shape index (κ1) is 14.3. The van der Waals surface area contributed by atoms with Gasteiger partial charge in [-0.25, -0.2) is 0 Å². The first-order valence-electron chi connectivity index (χ1n) is 8.83. The normalized spacial score (nSPS) is 44.5. The van der Waals surface area contributed by atoms with Crippen molar-refractivity contribution in [3.63, 3.8) is 0 Å². The van der Waals surface area contributed by atoms with Crippen LogP contribution < -0.4 is 0 Å². The summed E-state index contributed by atoms with van der Waals surface area (Å²) >= 11 is 6.07. The van der Waals surface area contributed by atoms with Crippen molar-refractivity contribution < 1.29 is 9.53 Å². The summed E-state index contributed by atoms with van der Waals surface area (Å²) in [5, 5.41) is 0.725. The number of hydrogen-bond acceptors (Lipinski definition) is 2. The summed E-state index contributed by atoms with van der Waals surface area (Å²) in [5.74, 6) is 2.29. The fourth-order valence-electron chi connectivity index (χ4n) is 5.83. The number of benzene rings is 1. The van der Waals surface area contributed by atoms with Crippen LogP contribution in [0.5, 0.6) is 0 Å². The molecule has 2 aliphatic carbocycles. The smallest absolute Gasteiger partial charge is 0.228 e. The summed E-state index contributed by atoms with van der Waals surface area (Å²) in [6.45, 7) is 2.84. The van der Waals surface area contributed by atoms with Crippen molar-refractivity contribution in [1.82, 2.24) is 4.90 Å². The molecular formula is C19H22ClNO2. The van der Waals surface area contributed by atoms with Crippen molar-refractivity contribution in [2.45, 2.75) is 44.4 Å². The van der Waals surface area contributed by atoms with Crippen molar-refractivity contribution in [2.75, 3.05) is 6.61 Å². The van der Waals surface area contributed by atoms with E-state index in [4.69, 9.17) is 16.3 Å². The molecule has 1 aromatic carbocycles. The van der Waals surface area contributed by atoms with Crippen molar-refractivity contribution in [3.05, 3.63) is 34.9 Å². The Morgan fingerprint density at radius 2 is 1.96 bits per heavy atom. The number of nitrogens with zero attached hydrogens (tertiary/aromatic N) is 1. The largest absolute Gasteiger partial charge is 0.351 e. The highest BCUT2D eigenvalue weighted by Gasteiger charge is 2.63. The van der Waals surface area contributed by atoms with Gasteiger partial charge in [-0.15, -0.1) is 0 Å². The van der Waals surface area contributed by atoms with Gasteiger partial charge in [0.15, 0.2) is 5.72 Å². The molecule has 2 heterocycles. The summed E-state index contributed by atoms with van der Waals surface area (Å²) in [5.41, 5.74) is 0.521. The molecule has 6 atom stereocenters. The van der Waals surface area contributed by atoms with Crippen LogP contribution in [0.3, 0.4) is 0 Å². The Morgan fingerprint density at radius 3 is 2.74 bits per heavy atom. The topological polar surface area (TPSA) is 29.5 Å². The Kier molecular flexibility index (Phi) is 2.94. The van der Waals surface area contributed by atoms with Crippen LogP contribution in [0.2, 0.25) is 5.02 Å². The molecule has 2 saturated carbocycles. The van der Waals surface area contributed by atoms with Gasteiger partial charge in [0.05, 0.1) is 6.61 Å². The Balaban J connectivity index is 1.62. The quantitative estimate of drug-likeness (QED) is 0.783. The number of fused-ring (bicyclic) bond motifs is 7. The summed E-state index contributed by atoms with van der Waals surface area (Å²) in [7, 11) is 0. The van der Waals surface area contributed by atoms with Crippen molar-refractivity contribution in [3.8, 4) is 0 Å². The van der Waals surface area contributed by atoms with Gasteiger partial charge in [0.25, 0.3) is 0 Å². The molecule has 0 spiro atoms. The number of rotatable bonds is 1. The second kappa shape index (κ2) is 4.73. The van der Waals surface area contributed by atoms with Crippen LogP contribution in [0.4, 0.5) is 0 Å². The third-order valence-corrected chi connectivity index (χ3v) is 7.03. The predicted molar refractivity (Wildman–Crippen MR) is 87.8 cm³/mol. The number of ether oxygens (including phenoxy) is 1. The molecule has 122 valence electrons. The van der Waals surface area contributed by atoms with Crippen molar-refractivity contribution in [2.24, 2.45) is 23.7 Å². The minimum Gasteiger partial charge on any atom is -0.351 e. The third kappa shape index (κ3) is 1.78. The predicted octanol–water partition coefficient (Wildman–Crippen LogP) is 3.81. The summed E-state index contributed by atoms with van der Waals surface area (Å²) in [4.78, 5) is 15.2. The van der Waals surface area contributed by atoms with E-state index in [9.17, 15) is 4.79 Å². The average molecular weight is 332 g/mol. The highest BCUT2D eigenvalue weighted by Crippen LogP contribution is 2.59. The van der Waals surface area contributed by atoms with E-state index < -0.39 is 5.72 Å². The minimum atomic E-state index is -0.563. The van der Waals surface area contributed by atoms with Gasteiger partial charge in [-0.3, -0.25) is 4.79 Å². The maximum absolute atomic E-state index is 13.0. The van der Waals surface area contributed by atoms with Gasteiger partial charge >= 0.3 is 0 Å². The molecule has 4 aliphatic rings. The Bertz CT molecular complexity index is 660. The van der Waals surface area contributed by atoms with Crippen LogP contribution in [0.1, 0.15) is 38.2 Å². The Morgan fingerprint density at radius 1 is 1.22 bits per heavy atom. The van der Waals surface area contributed by atoms with E-state index in [2.05, 4.69) is 4.90 Å². The third-order valence-electron chi connectivity index (χ3n) is 6.78. The highest BCUT2D eigenvalue weighted by molar-refractivity contribution is 6.30. The number of hydrogen-bond donors (Lipinski definition) is 0. The standard InChI is InChI=1S/C19H22ClNO2/c1-11-9-19(14-4-6-15(20)7-5-14)21(18(11)22)17-13-3-2-12(8-13)16(17)10-23-19/h4-7,11-13,16-17H,2-3,8-10H2,1H3/t11-,12-,13+,16+,17-,19-/m1/s1. The lowest BCUT2D eigenvalue weighted by Gasteiger charge is -2.52. The van der Waals surface area contributed by atoms with Gasteiger partial charge in [-0.05, 0) is 43.2 Å². The van der Waals surface area contributed by atoms with Gasteiger partial charge in [-0.2, -0.15) is 0 Å². The Labute approximate surface area is 141 Å². The molecule has 3 nitrogen and oxygen atoms in total. The van der Waals surface area contributed by atoms with Crippen LogP contribution in [0.15, 0.2) is 24.3 Å². The van der Waals surface area contributed by atoms with E-state index >= 15 is 0 Å². The molecule has 0 unspecified atom stereocenters. The molecule has 4 fully saturated rings. The first-order chi connectivity index (χ1) is 11.1. The van der Waals surface area contributed by atoms with Crippen molar-refractivity contribution >= 4 is 17.5 Å². The zero-order chi connectivity index (χ0) is 15.8. The van der Waals surface area contributed by atoms with E-state index in [1.54, 1.807) is 0 Å². The molecule has 2 saturated heterocycles. The molecule has 23 heavy (non-hydrogen) atoms.